The molecule has 2 unspecified atom stereocenters. The summed E-state index contributed by atoms with van der Waals surface area (Å²) in [4.78, 5) is 0. The highest BCUT2D eigenvalue weighted by Gasteiger charge is 2.37. The van der Waals surface area contributed by atoms with Gasteiger partial charge in [0.25, 0.3) is 0 Å². The van der Waals surface area contributed by atoms with Crippen molar-refractivity contribution < 1.29 is 33.5 Å². The lowest BCUT2D eigenvalue weighted by molar-refractivity contribution is 0.0864. The van der Waals surface area contributed by atoms with E-state index in [0.717, 1.165) is 23.1 Å². The molecule has 0 radical (unpaired) electrons. The molecule has 0 saturated carbocycles. The van der Waals surface area contributed by atoms with Gasteiger partial charge in [0.1, 0.15) is 0 Å². The smallest absolute Gasteiger partial charge is 0.231 e. The number of ether oxygens (including phenoxy) is 6. The van der Waals surface area contributed by atoms with Gasteiger partial charge in [-0.15, -0.1) is 0 Å². The van der Waals surface area contributed by atoms with E-state index in [1.807, 2.05) is 12.1 Å². The van der Waals surface area contributed by atoms with Crippen LogP contribution in [0.2, 0.25) is 0 Å². The molecule has 1 heterocycles. The molecule has 2 aromatic carbocycles. The highest BCUT2D eigenvalue weighted by molar-refractivity contribution is 5.88. The predicted octanol–water partition coefficient (Wildman–Crippen LogP) is 3.98. The second-order valence-corrected chi connectivity index (χ2v) is 7.77. The summed E-state index contributed by atoms with van der Waals surface area (Å²) in [7, 11) is 6.36. The van der Waals surface area contributed by atoms with Crippen molar-refractivity contribution in [3.05, 3.63) is 23.3 Å². The third-order valence-corrected chi connectivity index (χ3v) is 6.27. The molecule has 7 nitrogen and oxygen atoms in total. The first-order valence-corrected chi connectivity index (χ1v) is 9.97. The van der Waals surface area contributed by atoms with Crippen LogP contribution in [0.4, 0.5) is 0 Å². The number of rotatable bonds is 4. The van der Waals surface area contributed by atoms with Gasteiger partial charge in [0.2, 0.25) is 18.3 Å². The summed E-state index contributed by atoms with van der Waals surface area (Å²) >= 11 is 0. The average Bonchev–Trinajstić information content (AvgIpc) is 3.23. The average molecular weight is 416 g/mol. The molecule has 1 N–H and O–H groups in total. The molecule has 162 valence electrons. The fourth-order valence-electron chi connectivity index (χ4n) is 4.49. The van der Waals surface area contributed by atoms with Gasteiger partial charge in [-0.1, -0.05) is 13.8 Å². The van der Waals surface area contributed by atoms with Gasteiger partial charge in [-0.2, -0.15) is 0 Å². The molecule has 0 spiro atoms. The van der Waals surface area contributed by atoms with Crippen molar-refractivity contribution in [3.63, 3.8) is 0 Å². The van der Waals surface area contributed by atoms with Gasteiger partial charge in [0.15, 0.2) is 23.0 Å². The van der Waals surface area contributed by atoms with E-state index in [-0.39, 0.29) is 18.6 Å². The molecule has 0 aromatic heterocycles. The summed E-state index contributed by atoms with van der Waals surface area (Å²) in [6, 6.07) is 3.82. The Labute approximate surface area is 176 Å². The van der Waals surface area contributed by atoms with Crippen LogP contribution in [0, 0.1) is 11.8 Å². The van der Waals surface area contributed by atoms with Crippen molar-refractivity contribution in [2.75, 3.05) is 35.2 Å². The summed E-state index contributed by atoms with van der Waals surface area (Å²) in [5.41, 5.74) is 3.26. The van der Waals surface area contributed by atoms with Crippen LogP contribution in [-0.2, 0) is 6.42 Å². The van der Waals surface area contributed by atoms with Crippen molar-refractivity contribution in [1.29, 1.82) is 0 Å². The van der Waals surface area contributed by atoms with E-state index in [2.05, 4.69) is 13.8 Å². The number of hydrogen-bond donors (Lipinski definition) is 1. The van der Waals surface area contributed by atoms with Crippen molar-refractivity contribution in [1.82, 2.24) is 0 Å². The highest BCUT2D eigenvalue weighted by atomic mass is 16.7. The number of aliphatic hydroxyl groups is 1. The minimum absolute atomic E-state index is 0.000990. The van der Waals surface area contributed by atoms with Gasteiger partial charge in [0.05, 0.1) is 34.5 Å². The maximum absolute atomic E-state index is 11.3. The van der Waals surface area contributed by atoms with Crippen molar-refractivity contribution >= 4 is 0 Å². The number of fused-ring (bicyclic) bond motifs is 4. The standard InChI is InChI=1S/C23H28O7/c1-11-7-13-8-15(25-3)20(26-4)22(27-5)17(13)18-14(19(24)12(11)2)9-16-21(23(18)28-6)30-10-29-16/h8-9,11-12,19,24H,7,10H2,1-6H3/t11?,12?,19-/m1/s1. The van der Waals surface area contributed by atoms with E-state index in [4.69, 9.17) is 28.4 Å². The molecular formula is C23H28O7. The predicted molar refractivity (Wildman–Crippen MR) is 111 cm³/mol. The zero-order chi connectivity index (χ0) is 21.6. The van der Waals surface area contributed by atoms with Gasteiger partial charge in [-0.25, -0.2) is 0 Å². The van der Waals surface area contributed by atoms with Gasteiger partial charge in [-0.3, -0.25) is 0 Å². The lowest BCUT2D eigenvalue weighted by Gasteiger charge is -2.33. The molecule has 1 aliphatic heterocycles. The van der Waals surface area contributed by atoms with E-state index in [1.165, 1.54) is 0 Å². The van der Waals surface area contributed by atoms with Crippen molar-refractivity contribution in [2.24, 2.45) is 11.8 Å². The Kier molecular flexibility index (Phi) is 5.32. The van der Waals surface area contributed by atoms with Gasteiger partial charge in [-0.05, 0) is 41.5 Å². The number of benzene rings is 2. The summed E-state index contributed by atoms with van der Waals surface area (Å²) < 4.78 is 34.2. The maximum atomic E-state index is 11.3. The van der Waals surface area contributed by atoms with Gasteiger partial charge in [0, 0.05) is 11.1 Å². The SMILES string of the molecule is COc1cc2c(c(OC)c1OC)-c1c(cc3c(c1OC)OCO3)[C@H](O)C(C)C(C)C2. The van der Waals surface area contributed by atoms with Crippen LogP contribution in [0.1, 0.15) is 31.1 Å². The Morgan fingerprint density at radius 1 is 0.867 bits per heavy atom. The Bertz CT molecular complexity index is 969. The second-order valence-electron chi connectivity index (χ2n) is 7.77. The molecule has 0 saturated heterocycles. The van der Waals surface area contributed by atoms with Crippen molar-refractivity contribution in [3.8, 4) is 45.6 Å². The normalized spacial score (nSPS) is 21.8. The first kappa shape index (κ1) is 20.5. The van der Waals surface area contributed by atoms with Crippen LogP contribution in [0.15, 0.2) is 12.1 Å². The van der Waals surface area contributed by atoms with Crippen LogP contribution >= 0.6 is 0 Å². The van der Waals surface area contributed by atoms with Crippen LogP contribution in [0.25, 0.3) is 11.1 Å². The van der Waals surface area contributed by atoms with E-state index >= 15 is 0 Å². The molecule has 1 aliphatic carbocycles. The molecule has 2 aliphatic rings. The zero-order valence-corrected chi connectivity index (χ0v) is 18.2. The molecule has 0 fully saturated rings. The lowest BCUT2D eigenvalue weighted by atomic mass is 9.76. The molecule has 3 atom stereocenters. The highest BCUT2D eigenvalue weighted by Crippen LogP contribution is 2.58. The number of methoxy groups -OCH3 is 4. The lowest BCUT2D eigenvalue weighted by Crippen LogP contribution is -2.22. The third-order valence-electron chi connectivity index (χ3n) is 6.27. The Hall–Kier alpha value is -2.80. The van der Waals surface area contributed by atoms with Gasteiger partial charge >= 0.3 is 0 Å². The number of aliphatic hydroxyl groups excluding tert-OH is 1. The number of hydrogen-bond acceptors (Lipinski definition) is 7. The summed E-state index contributed by atoms with van der Waals surface area (Å²) in [6.45, 7) is 4.29. The molecule has 0 bridgehead atoms. The summed E-state index contributed by atoms with van der Waals surface area (Å²) in [6.07, 6.45) is 0.00533. The first-order chi connectivity index (χ1) is 14.5. The van der Waals surface area contributed by atoms with Gasteiger partial charge < -0.3 is 33.5 Å². The van der Waals surface area contributed by atoms with E-state index < -0.39 is 6.10 Å². The monoisotopic (exact) mass is 416 g/mol. The fourth-order valence-corrected chi connectivity index (χ4v) is 4.49. The molecule has 0 amide bonds. The summed E-state index contributed by atoms with van der Waals surface area (Å²) in [5, 5.41) is 11.3. The van der Waals surface area contributed by atoms with Crippen LogP contribution in [0.5, 0.6) is 34.5 Å². The fraction of sp³-hybridized carbons (Fsp3) is 0.478. The van der Waals surface area contributed by atoms with Crippen LogP contribution in [-0.4, -0.2) is 40.3 Å². The van der Waals surface area contributed by atoms with Crippen LogP contribution < -0.4 is 28.4 Å². The zero-order valence-electron chi connectivity index (χ0n) is 18.2. The first-order valence-electron chi connectivity index (χ1n) is 9.97. The molecule has 30 heavy (non-hydrogen) atoms. The maximum Gasteiger partial charge on any atom is 0.231 e. The third kappa shape index (κ3) is 2.91. The Balaban J connectivity index is 2.16. The van der Waals surface area contributed by atoms with E-state index in [1.54, 1.807) is 28.4 Å². The second kappa shape index (κ2) is 7.80. The molecule has 2 aromatic rings. The minimum Gasteiger partial charge on any atom is -0.493 e. The minimum atomic E-state index is -0.718. The Morgan fingerprint density at radius 2 is 1.57 bits per heavy atom. The van der Waals surface area contributed by atoms with E-state index in [0.29, 0.717) is 40.1 Å². The quantitative estimate of drug-likeness (QED) is 0.808. The Morgan fingerprint density at radius 3 is 2.20 bits per heavy atom. The van der Waals surface area contributed by atoms with Crippen molar-refractivity contribution in [2.45, 2.75) is 26.4 Å². The van der Waals surface area contributed by atoms with Crippen LogP contribution in [0.3, 0.4) is 0 Å². The van der Waals surface area contributed by atoms with E-state index in [9.17, 15) is 5.11 Å². The largest absolute Gasteiger partial charge is 0.493 e. The molecular weight excluding hydrogens is 388 g/mol. The molecule has 4 rings (SSSR count). The summed E-state index contributed by atoms with van der Waals surface area (Å²) in [5.74, 6) is 3.40. The molecule has 7 heteroatoms. The topological polar surface area (TPSA) is 75.6 Å².